The molecule has 2 atom stereocenters. The first kappa shape index (κ1) is 20.4. The van der Waals surface area contributed by atoms with Gasteiger partial charge in [0, 0.05) is 16.7 Å². The Morgan fingerprint density at radius 1 is 1.20 bits per heavy atom. The first-order valence-electron chi connectivity index (χ1n) is 9.76. The SMILES string of the molecule is CC1CCN(C(=O)CN2C(=O)NC(C)(c3ccc(F)cc3)C2=O)c2ccccc2S1. The van der Waals surface area contributed by atoms with Crippen molar-refractivity contribution in [2.45, 2.75) is 36.0 Å². The minimum Gasteiger partial charge on any atom is -0.319 e. The second-order valence-electron chi connectivity index (χ2n) is 7.68. The maximum absolute atomic E-state index is 13.3. The van der Waals surface area contributed by atoms with Gasteiger partial charge in [0.1, 0.15) is 17.9 Å². The predicted octanol–water partition coefficient (Wildman–Crippen LogP) is 3.51. The van der Waals surface area contributed by atoms with Crippen LogP contribution in [0.15, 0.2) is 53.4 Å². The van der Waals surface area contributed by atoms with E-state index in [4.69, 9.17) is 0 Å². The molecule has 2 aliphatic heterocycles. The number of carbonyl (C=O) groups is 3. The monoisotopic (exact) mass is 427 g/mol. The molecule has 2 aliphatic rings. The van der Waals surface area contributed by atoms with E-state index in [1.807, 2.05) is 24.3 Å². The van der Waals surface area contributed by atoms with E-state index in [2.05, 4.69) is 12.2 Å². The number of thioether (sulfide) groups is 1. The minimum absolute atomic E-state index is 0.316. The van der Waals surface area contributed by atoms with Crippen LogP contribution in [0.5, 0.6) is 0 Å². The van der Waals surface area contributed by atoms with E-state index in [9.17, 15) is 18.8 Å². The second-order valence-corrected chi connectivity index (χ2v) is 9.16. The van der Waals surface area contributed by atoms with Crippen LogP contribution in [-0.4, -0.2) is 41.1 Å². The molecule has 6 nitrogen and oxygen atoms in total. The van der Waals surface area contributed by atoms with Crippen molar-refractivity contribution in [1.29, 1.82) is 0 Å². The summed E-state index contributed by atoms with van der Waals surface area (Å²) in [5.41, 5.74) is -0.0840. The zero-order chi connectivity index (χ0) is 21.5. The quantitative estimate of drug-likeness (QED) is 0.761. The first-order valence-corrected chi connectivity index (χ1v) is 10.6. The predicted molar refractivity (Wildman–Crippen MR) is 113 cm³/mol. The smallest absolute Gasteiger partial charge is 0.319 e. The highest BCUT2D eigenvalue weighted by Crippen LogP contribution is 2.37. The number of fused-ring (bicyclic) bond motifs is 1. The Kier molecular flexibility index (Phi) is 5.27. The summed E-state index contributed by atoms with van der Waals surface area (Å²) in [4.78, 5) is 42.4. The highest BCUT2D eigenvalue weighted by molar-refractivity contribution is 8.00. The van der Waals surface area contributed by atoms with E-state index in [0.717, 1.165) is 21.9 Å². The van der Waals surface area contributed by atoms with Gasteiger partial charge in [-0.15, -0.1) is 11.8 Å². The van der Waals surface area contributed by atoms with Gasteiger partial charge in [-0.2, -0.15) is 0 Å². The van der Waals surface area contributed by atoms with Crippen LogP contribution in [0, 0.1) is 5.82 Å². The van der Waals surface area contributed by atoms with Crippen LogP contribution in [0.25, 0.3) is 0 Å². The van der Waals surface area contributed by atoms with Gasteiger partial charge in [0.2, 0.25) is 5.91 Å². The molecule has 0 bridgehead atoms. The van der Waals surface area contributed by atoms with Gasteiger partial charge in [-0.1, -0.05) is 31.2 Å². The summed E-state index contributed by atoms with van der Waals surface area (Å²) >= 11 is 1.71. The number of benzene rings is 2. The third kappa shape index (κ3) is 3.56. The van der Waals surface area contributed by atoms with Gasteiger partial charge in [0.15, 0.2) is 0 Å². The fourth-order valence-electron chi connectivity index (χ4n) is 3.79. The van der Waals surface area contributed by atoms with Gasteiger partial charge >= 0.3 is 6.03 Å². The molecule has 0 spiro atoms. The summed E-state index contributed by atoms with van der Waals surface area (Å²) in [6.07, 6.45) is 0.804. The third-order valence-corrected chi connectivity index (χ3v) is 6.77. The maximum Gasteiger partial charge on any atom is 0.325 e. The number of nitrogens with zero attached hydrogens (tertiary/aromatic N) is 2. The molecule has 156 valence electrons. The number of para-hydroxylation sites is 1. The molecule has 1 saturated heterocycles. The van der Waals surface area contributed by atoms with Gasteiger partial charge < -0.3 is 10.2 Å². The molecule has 0 radical (unpaired) electrons. The van der Waals surface area contributed by atoms with E-state index >= 15 is 0 Å². The average molecular weight is 428 g/mol. The molecular weight excluding hydrogens is 405 g/mol. The summed E-state index contributed by atoms with van der Waals surface area (Å²) in [6.45, 7) is 3.84. The van der Waals surface area contributed by atoms with Crippen molar-refractivity contribution in [3.8, 4) is 0 Å². The summed E-state index contributed by atoms with van der Waals surface area (Å²) in [5, 5.41) is 3.00. The number of imide groups is 1. The topological polar surface area (TPSA) is 69.7 Å². The van der Waals surface area contributed by atoms with Crippen LogP contribution < -0.4 is 10.2 Å². The number of carbonyl (C=O) groups excluding carboxylic acids is 3. The number of hydrogen-bond acceptors (Lipinski definition) is 4. The van der Waals surface area contributed by atoms with Crippen molar-refractivity contribution in [3.05, 3.63) is 59.9 Å². The zero-order valence-electron chi connectivity index (χ0n) is 16.7. The molecule has 4 amide bonds. The highest BCUT2D eigenvalue weighted by atomic mass is 32.2. The third-order valence-electron chi connectivity index (χ3n) is 5.53. The van der Waals surface area contributed by atoms with Crippen LogP contribution in [0.2, 0.25) is 0 Å². The summed E-state index contributed by atoms with van der Waals surface area (Å²) in [7, 11) is 0. The lowest BCUT2D eigenvalue weighted by Crippen LogP contribution is -2.45. The standard InChI is InChI=1S/C22H22FN3O3S/c1-14-11-12-25(17-5-3-4-6-18(17)30-14)19(27)13-26-20(28)22(2,24-21(26)29)15-7-9-16(23)10-8-15/h3-10,14H,11-13H2,1-2H3,(H,24,29). The van der Waals surface area contributed by atoms with Gasteiger partial charge in [-0.25, -0.2) is 9.18 Å². The lowest BCUT2D eigenvalue weighted by atomic mass is 9.92. The van der Waals surface area contributed by atoms with Gasteiger partial charge in [-0.05, 0) is 43.2 Å². The van der Waals surface area contributed by atoms with Crippen molar-refractivity contribution in [2.24, 2.45) is 0 Å². The Balaban J connectivity index is 1.57. The lowest BCUT2D eigenvalue weighted by molar-refractivity contribution is -0.134. The van der Waals surface area contributed by atoms with Crippen molar-refractivity contribution in [2.75, 3.05) is 18.0 Å². The minimum atomic E-state index is -1.34. The van der Waals surface area contributed by atoms with Crippen molar-refractivity contribution in [3.63, 3.8) is 0 Å². The highest BCUT2D eigenvalue weighted by Gasteiger charge is 2.49. The normalized spacial score (nSPS) is 23.8. The molecule has 8 heteroatoms. The van der Waals surface area contributed by atoms with Crippen LogP contribution >= 0.6 is 11.8 Å². The van der Waals surface area contributed by atoms with Crippen LogP contribution in [0.4, 0.5) is 14.9 Å². The molecule has 1 fully saturated rings. The lowest BCUT2D eigenvalue weighted by Gasteiger charge is -2.25. The molecule has 1 N–H and O–H groups in total. The van der Waals surface area contributed by atoms with Gasteiger partial charge in [0.05, 0.1) is 5.69 Å². The Labute approximate surface area is 178 Å². The van der Waals surface area contributed by atoms with E-state index < -0.39 is 23.3 Å². The van der Waals surface area contributed by atoms with Crippen molar-refractivity contribution in [1.82, 2.24) is 10.2 Å². The molecule has 30 heavy (non-hydrogen) atoms. The Morgan fingerprint density at radius 2 is 1.90 bits per heavy atom. The molecule has 2 aromatic rings. The number of urea groups is 1. The van der Waals surface area contributed by atoms with Crippen LogP contribution in [-0.2, 0) is 15.1 Å². The van der Waals surface area contributed by atoms with E-state index in [1.165, 1.54) is 24.3 Å². The van der Waals surface area contributed by atoms with Crippen LogP contribution in [0.1, 0.15) is 25.8 Å². The molecule has 0 aromatic heterocycles. The van der Waals surface area contributed by atoms with E-state index in [1.54, 1.807) is 23.6 Å². The number of nitrogens with one attached hydrogen (secondary N) is 1. The Bertz CT molecular complexity index is 1010. The molecular formula is C22H22FN3O3S. The zero-order valence-corrected chi connectivity index (χ0v) is 17.5. The molecule has 0 saturated carbocycles. The summed E-state index contributed by atoms with van der Waals surface area (Å²) in [6, 6.07) is 12.4. The number of anilines is 1. The van der Waals surface area contributed by atoms with Crippen LogP contribution in [0.3, 0.4) is 0 Å². The molecule has 2 unspecified atom stereocenters. The number of halogens is 1. The fraction of sp³-hybridized carbons (Fsp3) is 0.318. The maximum atomic E-state index is 13.3. The van der Waals surface area contributed by atoms with E-state index in [0.29, 0.717) is 17.4 Å². The van der Waals surface area contributed by atoms with Gasteiger partial charge in [-0.3, -0.25) is 14.5 Å². The first-order chi connectivity index (χ1) is 14.3. The molecule has 0 aliphatic carbocycles. The molecule has 4 rings (SSSR count). The Morgan fingerprint density at radius 3 is 2.63 bits per heavy atom. The largest absolute Gasteiger partial charge is 0.325 e. The second kappa shape index (κ2) is 7.75. The average Bonchev–Trinajstić information content (AvgIpc) is 2.85. The van der Waals surface area contributed by atoms with Gasteiger partial charge in [0.25, 0.3) is 5.91 Å². The number of amides is 4. The molecule has 2 aromatic carbocycles. The number of hydrogen-bond donors (Lipinski definition) is 1. The summed E-state index contributed by atoms with van der Waals surface area (Å²) < 4.78 is 13.3. The van der Waals surface area contributed by atoms with E-state index in [-0.39, 0.29) is 12.5 Å². The summed E-state index contributed by atoms with van der Waals surface area (Å²) in [5.74, 6) is -1.28. The van der Waals surface area contributed by atoms with Crippen molar-refractivity contribution >= 4 is 35.3 Å². The number of rotatable bonds is 3. The molecule has 2 heterocycles. The van der Waals surface area contributed by atoms with Crippen molar-refractivity contribution < 1.29 is 18.8 Å². The Hall–Kier alpha value is -2.87. The fourth-order valence-corrected chi connectivity index (χ4v) is 4.90.